The van der Waals surface area contributed by atoms with Crippen LogP contribution >= 0.6 is 11.6 Å². The Balaban J connectivity index is 2.07. The summed E-state index contributed by atoms with van der Waals surface area (Å²) in [6.07, 6.45) is 4.99. The van der Waals surface area contributed by atoms with Crippen LogP contribution in [0.15, 0.2) is 12.3 Å². The van der Waals surface area contributed by atoms with Gasteiger partial charge >= 0.3 is 0 Å². The van der Waals surface area contributed by atoms with Crippen LogP contribution in [0.4, 0.5) is 14.6 Å². The van der Waals surface area contributed by atoms with Gasteiger partial charge in [0.25, 0.3) is 0 Å². The molecule has 0 aromatic carbocycles. The van der Waals surface area contributed by atoms with Crippen molar-refractivity contribution in [1.29, 1.82) is 0 Å². The van der Waals surface area contributed by atoms with Gasteiger partial charge in [-0.05, 0) is 12.8 Å². The highest BCUT2D eigenvalue weighted by atomic mass is 35.5. The SMILES string of the molecule is Fc1cnc(NC2CCCCC2Cl)c(F)c1. The number of hydrogen-bond acceptors (Lipinski definition) is 2. The molecule has 2 nitrogen and oxygen atoms in total. The number of aromatic nitrogens is 1. The average molecular weight is 247 g/mol. The Hall–Kier alpha value is -0.900. The molecule has 0 spiro atoms. The lowest BCUT2D eigenvalue weighted by Gasteiger charge is -2.28. The molecule has 1 aliphatic carbocycles. The minimum atomic E-state index is -0.672. The predicted octanol–water partition coefficient (Wildman–Crippen LogP) is 3.32. The molecule has 0 aliphatic heterocycles. The zero-order valence-corrected chi connectivity index (χ0v) is 9.47. The number of alkyl halides is 1. The van der Waals surface area contributed by atoms with Crippen molar-refractivity contribution in [2.45, 2.75) is 37.1 Å². The minimum absolute atomic E-state index is 0.0139. The van der Waals surface area contributed by atoms with Crippen molar-refractivity contribution in [3.63, 3.8) is 0 Å². The van der Waals surface area contributed by atoms with Crippen molar-refractivity contribution in [3.8, 4) is 0 Å². The summed E-state index contributed by atoms with van der Waals surface area (Å²) in [5, 5.41) is 2.93. The zero-order valence-electron chi connectivity index (χ0n) is 8.72. The minimum Gasteiger partial charge on any atom is -0.363 e. The molecule has 2 unspecified atom stereocenters. The Kier molecular flexibility index (Phi) is 3.59. The highest BCUT2D eigenvalue weighted by Crippen LogP contribution is 2.26. The van der Waals surface area contributed by atoms with Crippen molar-refractivity contribution in [3.05, 3.63) is 23.9 Å². The highest BCUT2D eigenvalue weighted by molar-refractivity contribution is 6.21. The van der Waals surface area contributed by atoms with Crippen molar-refractivity contribution >= 4 is 17.4 Å². The first kappa shape index (κ1) is 11.6. The van der Waals surface area contributed by atoms with Gasteiger partial charge < -0.3 is 5.32 Å². The van der Waals surface area contributed by atoms with Crippen molar-refractivity contribution < 1.29 is 8.78 Å². The second kappa shape index (κ2) is 4.95. The van der Waals surface area contributed by atoms with E-state index in [9.17, 15) is 8.78 Å². The lowest BCUT2D eigenvalue weighted by molar-refractivity contribution is 0.465. The van der Waals surface area contributed by atoms with Gasteiger partial charge in [0, 0.05) is 12.1 Å². The van der Waals surface area contributed by atoms with Crippen LogP contribution in [0, 0.1) is 11.6 Å². The molecular weight excluding hydrogens is 234 g/mol. The average Bonchev–Trinajstić information content (AvgIpc) is 2.25. The summed E-state index contributed by atoms with van der Waals surface area (Å²) in [7, 11) is 0. The molecular formula is C11H13ClF2N2. The normalized spacial score (nSPS) is 25.4. The van der Waals surface area contributed by atoms with Crippen molar-refractivity contribution in [1.82, 2.24) is 4.98 Å². The molecule has 0 bridgehead atoms. The highest BCUT2D eigenvalue weighted by Gasteiger charge is 2.24. The maximum atomic E-state index is 13.3. The van der Waals surface area contributed by atoms with Gasteiger partial charge in [0.1, 0.15) is 5.82 Å². The molecule has 0 radical (unpaired) electrons. The molecule has 1 heterocycles. The molecule has 1 fully saturated rings. The molecule has 5 heteroatoms. The standard InChI is InChI=1S/C11H13ClF2N2/c12-8-3-1-2-4-10(8)16-11-9(14)5-7(13)6-15-11/h5-6,8,10H,1-4H2,(H,15,16). The summed E-state index contributed by atoms with van der Waals surface area (Å²) < 4.78 is 26.0. The zero-order chi connectivity index (χ0) is 11.5. The largest absolute Gasteiger partial charge is 0.363 e. The van der Waals surface area contributed by atoms with E-state index in [1.807, 2.05) is 0 Å². The van der Waals surface area contributed by atoms with Crippen LogP contribution in [0.3, 0.4) is 0 Å². The van der Waals surface area contributed by atoms with Gasteiger partial charge in [0.15, 0.2) is 11.6 Å². The number of nitrogens with zero attached hydrogens (tertiary/aromatic N) is 1. The van der Waals surface area contributed by atoms with E-state index in [-0.39, 0.29) is 17.2 Å². The van der Waals surface area contributed by atoms with Gasteiger partial charge in [-0.25, -0.2) is 13.8 Å². The summed E-state index contributed by atoms with van der Waals surface area (Å²) in [5.41, 5.74) is 0. The molecule has 0 amide bonds. The molecule has 1 saturated carbocycles. The predicted molar refractivity (Wildman–Crippen MR) is 59.7 cm³/mol. The second-order valence-electron chi connectivity index (χ2n) is 4.04. The van der Waals surface area contributed by atoms with Gasteiger partial charge in [0.05, 0.1) is 11.6 Å². The lowest BCUT2D eigenvalue weighted by atomic mass is 9.95. The van der Waals surface area contributed by atoms with Crippen molar-refractivity contribution in [2.24, 2.45) is 0 Å². The maximum absolute atomic E-state index is 13.3. The summed E-state index contributed by atoms with van der Waals surface area (Å²) in [5.74, 6) is -1.26. The topological polar surface area (TPSA) is 24.9 Å². The van der Waals surface area contributed by atoms with Gasteiger partial charge in [-0.15, -0.1) is 11.6 Å². The number of halogens is 3. The van der Waals surface area contributed by atoms with Crippen LogP contribution in [-0.2, 0) is 0 Å². The molecule has 1 aromatic rings. The van der Waals surface area contributed by atoms with E-state index in [0.717, 1.165) is 37.9 Å². The fraction of sp³-hybridized carbons (Fsp3) is 0.545. The maximum Gasteiger partial charge on any atom is 0.168 e. The van der Waals surface area contributed by atoms with E-state index in [1.165, 1.54) is 0 Å². The van der Waals surface area contributed by atoms with E-state index >= 15 is 0 Å². The fourth-order valence-electron chi connectivity index (χ4n) is 1.94. The summed E-state index contributed by atoms with van der Waals surface area (Å²) in [6.45, 7) is 0. The molecule has 1 aromatic heterocycles. The summed E-state index contributed by atoms with van der Waals surface area (Å²) >= 11 is 6.13. The third-order valence-corrected chi connectivity index (χ3v) is 3.33. The number of anilines is 1. The first-order valence-electron chi connectivity index (χ1n) is 5.38. The number of nitrogens with one attached hydrogen (secondary N) is 1. The van der Waals surface area contributed by atoms with E-state index < -0.39 is 11.6 Å². The Morgan fingerprint density at radius 1 is 1.31 bits per heavy atom. The third kappa shape index (κ3) is 2.61. The molecule has 1 aliphatic rings. The second-order valence-corrected chi connectivity index (χ2v) is 4.60. The van der Waals surface area contributed by atoms with Gasteiger partial charge in [0.2, 0.25) is 0 Å². The lowest BCUT2D eigenvalue weighted by Crippen LogP contribution is -2.33. The monoisotopic (exact) mass is 246 g/mol. The molecule has 88 valence electrons. The molecule has 0 saturated heterocycles. The van der Waals surface area contributed by atoms with Gasteiger partial charge in [-0.2, -0.15) is 0 Å². The first-order chi connectivity index (χ1) is 7.66. The number of hydrogen-bond donors (Lipinski definition) is 1. The summed E-state index contributed by atoms with van der Waals surface area (Å²) in [4.78, 5) is 3.69. The Morgan fingerprint density at radius 2 is 2.06 bits per heavy atom. The van der Waals surface area contributed by atoms with Crippen LogP contribution < -0.4 is 5.32 Å². The number of rotatable bonds is 2. The fourth-order valence-corrected chi connectivity index (χ4v) is 2.29. The summed E-state index contributed by atoms with van der Waals surface area (Å²) in [6, 6.07) is 0.837. The smallest absolute Gasteiger partial charge is 0.168 e. The first-order valence-corrected chi connectivity index (χ1v) is 5.82. The van der Waals surface area contributed by atoms with E-state index in [0.29, 0.717) is 0 Å². The van der Waals surface area contributed by atoms with Crippen LogP contribution in [0.2, 0.25) is 0 Å². The van der Waals surface area contributed by atoms with E-state index in [1.54, 1.807) is 0 Å². The Morgan fingerprint density at radius 3 is 2.75 bits per heavy atom. The van der Waals surface area contributed by atoms with Crippen LogP contribution in [0.25, 0.3) is 0 Å². The van der Waals surface area contributed by atoms with E-state index in [4.69, 9.17) is 11.6 Å². The van der Waals surface area contributed by atoms with Crippen LogP contribution in [-0.4, -0.2) is 16.4 Å². The van der Waals surface area contributed by atoms with Crippen molar-refractivity contribution in [2.75, 3.05) is 5.32 Å². The Labute approximate surface area is 98.0 Å². The number of pyridine rings is 1. The van der Waals surface area contributed by atoms with Crippen LogP contribution in [0.1, 0.15) is 25.7 Å². The molecule has 1 N–H and O–H groups in total. The quantitative estimate of drug-likeness (QED) is 0.810. The van der Waals surface area contributed by atoms with Gasteiger partial charge in [-0.1, -0.05) is 12.8 Å². The van der Waals surface area contributed by atoms with E-state index in [2.05, 4.69) is 10.3 Å². The molecule has 16 heavy (non-hydrogen) atoms. The molecule has 2 rings (SSSR count). The third-order valence-electron chi connectivity index (χ3n) is 2.81. The molecule has 2 atom stereocenters. The van der Waals surface area contributed by atoms with Gasteiger partial charge in [-0.3, -0.25) is 0 Å². The van der Waals surface area contributed by atoms with Crippen LogP contribution in [0.5, 0.6) is 0 Å². The Bertz CT molecular complexity index is 373.